The molecular formula is C15H13N3. The van der Waals surface area contributed by atoms with Crippen molar-refractivity contribution >= 4 is 11.3 Å². The monoisotopic (exact) mass is 235 g/mol. The summed E-state index contributed by atoms with van der Waals surface area (Å²) in [6.45, 7) is 4.94. The summed E-state index contributed by atoms with van der Waals surface area (Å²) in [5, 5.41) is 18.1. The number of hydrogen-bond acceptors (Lipinski definition) is 3. The summed E-state index contributed by atoms with van der Waals surface area (Å²) in [6, 6.07) is 11.8. The van der Waals surface area contributed by atoms with Crippen LogP contribution in [-0.2, 0) is 0 Å². The number of rotatable bonds is 1. The van der Waals surface area contributed by atoms with Crippen LogP contribution in [0.25, 0.3) is 5.57 Å². The van der Waals surface area contributed by atoms with Crippen LogP contribution in [0, 0.1) is 22.7 Å². The lowest BCUT2D eigenvalue weighted by molar-refractivity contribution is 0.944. The zero-order valence-corrected chi connectivity index (χ0v) is 10.4. The van der Waals surface area contributed by atoms with Gasteiger partial charge in [-0.2, -0.15) is 10.5 Å². The van der Waals surface area contributed by atoms with Crippen molar-refractivity contribution in [3.05, 3.63) is 47.2 Å². The molecule has 0 aliphatic carbocycles. The van der Waals surface area contributed by atoms with Gasteiger partial charge in [-0.1, -0.05) is 18.2 Å². The van der Waals surface area contributed by atoms with Gasteiger partial charge in [-0.05, 0) is 26.0 Å². The molecular weight excluding hydrogens is 222 g/mol. The maximum Gasteiger partial charge on any atom is 0.137 e. The topological polar surface area (TPSA) is 50.8 Å². The Morgan fingerprint density at radius 3 is 2.50 bits per heavy atom. The van der Waals surface area contributed by atoms with Gasteiger partial charge in [0.1, 0.15) is 17.7 Å². The molecule has 0 spiro atoms. The number of anilines is 1. The third-order valence-corrected chi connectivity index (χ3v) is 3.07. The number of fused-ring (bicyclic) bond motifs is 1. The molecule has 1 aromatic carbocycles. The van der Waals surface area contributed by atoms with Crippen LogP contribution in [0.15, 0.2) is 41.6 Å². The largest absolute Gasteiger partial charge is 0.345 e. The van der Waals surface area contributed by atoms with Crippen molar-refractivity contribution in [2.24, 2.45) is 0 Å². The molecule has 3 nitrogen and oxygen atoms in total. The zero-order chi connectivity index (χ0) is 13.1. The quantitative estimate of drug-likeness (QED) is 0.702. The molecule has 3 heteroatoms. The Kier molecular flexibility index (Phi) is 3.17. The first kappa shape index (κ1) is 12.0. The highest BCUT2D eigenvalue weighted by molar-refractivity contribution is 5.91. The Morgan fingerprint density at radius 1 is 1.22 bits per heavy atom. The van der Waals surface area contributed by atoms with E-state index in [1.54, 1.807) is 0 Å². The van der Waals surface area contributed by atoms with Gasteiger partial charge in [-0.25, -0.2) is 0 Å². The molecule has 0 amide bonds. The van der Waals surface area contributed by atoms with Crippen LogP contribution in [0.3, 0.4) is 0 Å². The van der Waals surface area contributed by atoms with Crippen molar-refractivity contribution in [3.63, 3.8) is 0 Å². The van der Waals surface area contributed by atoms with Crippen LogP contribution in [0.1, 0.15) is 19.4 Å². The van der Waals surface area contributed by atoms with Crippen molar-refractivity contribution in [2.45, 2.75) is 13.8 Å². The molecule has 88 valence electrons. The van der Waals surface area contributed by atoms with E-state index in [4.69, 9.17) is 10.5 Å². The lowest BCUT2D eigenvalue weighted by Crippen LogP contribution is -2.24. The highest BCUT2D eigenvalue weighted by Gasteiger charge is 2.21. The van der Waals surface area contributed by atoms with E-state index in [0.717, 1.165) is 29.1 Å². The van der Waals surface area contributed by atoms with Gasteiger partial charge in [0.25, 0.3) is 0 Å². The summed E-state index contributed by atoms with van der Waals surface area (Å²) in [6.07, 6.45) is 1.91. The van der Waals surface area contributed by atoms with Crippen molar-refractivity contribution in [1.82, 2.24) is 0 Å². The number of hydrogen-bond donors (Lipinski definition) is 0. The first-order chi connectivity index (χ1) is 8.72. The third kappa shape index (κ3) is 1.77. The van der Waals surface area contributed by atoms with Gasteiger partial charge in [-0.3, -0.25) is 0 Å². The normalized spacial score (nSPS) is 13.2. The fourth-order valence-corrected chi connectivity index (χ4v) is 2.26. The molecule has 1 heterocycles. The maximum atomic E-state index is 9.04. The summed E-state index contributed by atoms with van der Waals surface area (Å²) in [5.74, 6) is 0. The van der Waals surface area contributed by atoms with Gasteiger partial charge in [0, 0.05) is 29.1 Å². The summed E-state index contributed by atoms with van der Waals surface area (Å²) >= 11 is 0. The van der Waals surface area contributed by atoms with Crippen molar-refractivity contribution in [2.75, 3.05) is 11.4 Å². The number of nitrogens with zero attached hydrogens (tertiary/aromatic N) is 3. The molecule has 0 unspecified atom stereocenters. The highest BCUT2D eigenvalue weighted by atomic mass is 15.1. The lowest BCUT2D eigenvalue weighted by atomic mass is 9.94. The Hall–Kier alpha value is -2.52. The molecule has 1 aliphatic rings. The molecule has 0 bridgehead atoms. The van der Waals surface area contributed by atoms with E-state index in [1.165, 1.54) is 0 Å². The van der Waals surface area contributed by atoms with Crippen LogP contribution in [0.5, 0.6) is 0 Å². The van der Waals surface area contributed by atoms with Crippen LogP contribution in [0.2, 0.25) is 0 Å². The second-order valence-corrected chi connectivity index (χ2v) is 4.06. The van der Waals surface area contributed by atoms with E-state index in [1.807, 2.05) is 49.4 Å². The smallest absolute Gasteiger partial charge is 0.137 e. The predicted molar refractivity (Wildman–Crippen MR) is 71.4 cm³/mol. The molecule has 0 saturated carbocycles. The number of benzene rings is 1. The van der Waals surface area contributed by atoms with E-state index in [-0.39, 0.29) is 5.57 Å². The second kappa shape index (κ2) is 4.77. The maximum absolute atomic E-state index is 9.04. The first-order valence-corrected chi connectivity index (χ1v) is 5.82. The molecule has 0 aromatic heterocycles. The Balaban J connectivity index is 2.75. The van der Waals surface area contributed by atoms with Gasteiger partial charge < -0.3 is 4.90 Å². The molecule has 2 rings (SSSR count). The van der Waals surface area contributed by atoms with E-state index in [2.05, 4.69) is 11.8 Å². The van der Waals surface area contributed by atoms with Crippen molar-refractivity contribution in [3.8, 4) is 12.1 Å². The van der Waals surface area contributed by atoms with Crippen molar-refractivity contribution in [1.29, 1.82) is 10.5 Å². The van der Waals surface area contributed by atoms with E-state index < -0.39 is 0 Å². The average molecular weight is 235 g/mol. The molecule has 0 atom stereocenters. The first-order valence-electron chi connectivity index (χ1n) is 5.82. The average Bonchev–Trinajstić information content (AvgIpc) is 2.40. The van der Waals surface area contributed by atoms with Gasteiger partial charge >= 0.3 is 0 Å². The summed E-state index contributed by atoms with van der Waals surface area (Å²) in [4.78, 5) is 2.17. The molecule has 18 heavy (non-hydrogen) atoms. The molecule has 0 fully saturated rings. The fourth-order valence-electron chi connectivity index (χ4n) is 2.26. The molecule has 1 aliphatic heterocycles. The third-order valence-electron chi connectivity index (χ3n) is 3.07. The molecule has 0 radical (unpaired) electrons. The van der Waals surface area contributed by atoms with E-state index >= 15 is 0 Å². The van der Waals surface area contributed by atoms with Crippen LogP contribution in [-0.4, -0.2) is 6.54 Å². The van der Waals surface area contributed by atoms with Crippen LogP contribution in [0.4, 0.5) is 5.69 Å². The fraction of sp³-hybridized carbons (Fsp3) is 0.200. The highest BCUT2D eigenvalue weighted by Crippen LogP contribution is 2.36. The zero-order valence-electron chi connectivity index (χ0n) is 10.4. The van der Waals surface area contributed by atoms with Crippen LogP contribution < -0.4 is 4.90 Å². The van der Waals surface area contributed by atoms with Crippen molar-refractivity contribution < 1.29 is 0 Å². The summed E-state index contributed by atoms with van der Waals surface area (Å²) in [7, 11) is 0. The van der Waals surface area contributed by atoms with E-state index in [9.17, 15) is 0 Å². The minimum Gasteiger partial charge on any atom is -0.345 e. The second-order valence-electron chi connectivity index (χ2n) is 4.06. The van der Waals surface area contributed by atoms with Gasteiger partial charge in [0.05, 0.1) is 0 Å². The Morgan fingerprint density at radius 2 is 1.89 bits per heavy atom. The number of nitriles is 2. The van der Waals surface area contributed by atoms with Crippen LogP contribution >= 0.6 is 0 Å². The summed E-state index contributed by atoms with van der Waals surface area (Å²) in [5.41, 5.74) is 3.94. The number of para-hydroxylation sites is 1. The molecule has 0 N–H and O–H groups in total. The minimum atomic E-state index is 0.164. The van der Waals surface area contributed by atoms with Gasteiger partial charge in [-0.15, -0.1) is 0 Å². The van der Waals surface area contributed by atoms with E-state index in [0.29, 0.717) is 0 Å². The summed E-state index contributed by atoms with van der Waals surface area (Å²) < 4.78 is 0. The number of allylic oxidation sites excluding steroid dienone is 4. The van der Waals surface area contributed by atoms with Gasteiger partial charge in [0.15, 0.2) is 0 Å². The van der Waals surface area contributed by atoms with Gasteiger partial charge in [0.2, 0.25) is 0 Å². The Bertz CT molecular complexity index is 608. The standard InChI is InChI=1S/C15H13N3/c1-3-18-11(2)8-14(12(9-16)10-17)13-6-4-5-7-15(13)18/h4-8H,3H2,1-2H3. The molecule has 0 saturated heterocycles. The predicted octanol–water partition coefficient (Wildman–Crippen LogP) is 3.23. The molecule has 1 aromatic rings. The SMILES string of the molecule is CCN1C(C)=CC(=C(C#N)C#N)c2ccccc21. The minimum absolute atomic E-state index is 0.164. The lowest BCUT2D eigenvalue weighted by Gasteiger charge is -2.31. The Labute approximate surface area is 107 Å².